The Kier molecular flexibility index (Phi) is 6.63. The van der Waals surface area contributed by atoms with Gasteiger partial charge in [-0.3, -0.25) is 4.79 Å². The molecule has 0 aliphatic heterocycles. The molecule has 0 aromatic carbocycles. The topological polar surface area (TPSA) is 29.5 Å². The van der Waals surface area contributed by atoms with Gasteiger partial charge in [0, 0.05) is 25.8 Å². The summed E-state index contributed by atoms with van der Waals surface area (Å²) in [4.78, 5) is 14.0. The van der Waals surface area contributed by atoms with E-state index in [1.54, 1.807) is 19.3 Å². The zero-order valence-corrected chi connectivity index (χ0v) is 10.9. The average Bonchev–Trinajstić information content (AvgIpc) is 2.83. The minimum atomic E-state index is 0.104. The summed E-state index contributed by atoms with van der Waals surface area (Å²) in [5, 5.41) is 0. The highest BCUT2D eigenvalue weighted by molar-refractivity contribution is 5.88. The van der Waals surface area contributed by atoms with E-state index in [-0.39, 0.29) is 5.91 Å². The molecule has 1 aliphatic rings. The molecule has 1 fully saturated rings. The van der Waals surface area contributed by atoms with E-state index >= 15 is 0 Å². The summed E-state index contributed by atoms with van der Waals surface area (Å²) in [6.07, 6.45) is 12.0. The molecule has 0 unspecified atom stereocenters. The van der Waals surface area contributed by atoms with Gasteiger partial charge in [0.15, 0.2) is 0 Å². The summed E-state index contributed by atoms with van der Waals surface area (Å²) in [6.45, 7) is 3.24. The SMILES string of the molecule is C/C=C/C=C/C(=O)N(CCOC)C1CCCC1. The van der Waals surface area contributed by atoms with Crippen molar-refractivity contribution in [2.75, 3.05) is 20.3 Å². The third-order valence-electron chi connectivity index (χ3n) is 3.13. The lowest BCUT2D eigenvalue weighted by atomic mass is 10.2. The first-order valence-electron chi connectivity index (χ1n) is 6.38. The zero-order valence-electron chi connectivity index (χ0n) is 10.9. The predicted molar refractivity (Wildman–Crippen MR) is 69.8 cm³/mol. The molecule has 0 bridgehead atoms. The quantitative estimate of drug-likeness (QED) is 0.525. The first kappa shape index (κ1) is 14.0. The van der Waals surface area contributed by atoms with Gasteiger partial charge < -0.3 is 9.64 Å². The largest absolute Gasteiger partial charge is 0.383 e. The van der Waals surface area contributed by atoms with E-state index in [0.717, 1.165) is 12.8 Å². The molecule has 3 nitrogen and oxygen atoms in total. The van der Waals surface area contributed by atoms with Crippen LogP contribution in [0.3, 0.4) is 0 Å². The number of carbonyl (C=O) groups excluding carboxylic acids is 1. The summed E-state index contributed by atoms with van der Waals surface area (Å²) >= 11 is 0. The molecule has 0 N–H and O–H groups in total. The molecule has 96 valence electrons. The smallest absolute Gasteiger partial charge is 0.246 e. The van der Waals surface area contributed by atoms with Gasteiger partial charge in [-0.15, -0.1) is 0 Å². The van der Waals surface area contributed by atoms with Gasteiger partial charge in [-0.2, -0.15) is 0 Å². The van der Waals surface area contributed by atoms with Gasteiger partial charge >= 0.3 is 0 Å². The maximum atomic E-state index is 12.1. The Bertz CT molecular complexity index is 278. The molecule has 1 saturated carbocycles. The fraction of sp³-hybridized carbons (Fsp3) is 0.643. The van der Waals surface area contributed by atoms with Crippen molar-refractivity contribution in [3.8, 4) is 0 Å². The van der Waals surface area contributed by atoms with E-state index in [2.05, 4.69) is 0 Å². The Morgan fingerprint density at radius 2 is 2.06 bits per heavy atom. The summed E-state index contributed by atoms with van der Waals surface area (Å²) in [5.41, 5.74) is 0. The minimum absolute atomic E-state index is 0.104. The van der Waals surface area contributed by atoms with Crippen molar-refractivity contribution in [1.82, 2.24) is 4.90 Å². The Morgan fingerprint density at radius 1 is 1.35 bits per heavy atom. The van der Waals surface area contributed by atoms with Crippen LogP contribution in [0, 0.1) is 0 Å². The van der Waals surface area contributed by atoms with Gasteiger partial charge in [-0.1, -0.05) is 31.1 Å². The molecule has 0 spiro atoms. The fourth-order valence-corrected chi connectivity index (χ4v) is 2.22. The number of nitrogens with zero attached hydrogens (tertiary/aromatic N) is 1. The van der Waals surface area contributed by atoms with Crippen LogP contribution < -0.4 is 0 Å². The highest BCUT2D eigenvalue weighted by Gasteiger charge is 2.24. The van der Waals surface area contributed by atoms with Crippen molar-refractivity contribution in [2.45, 2.75) is 38.6 Å². The van der Waals surface area contributed by atoms with Crippen LogP contribution in [0.2, 0.25) is 0 Å². The van der Waals surface area contributed by atoms with Crippen molar-refractivity contribution in [3.63, 3.8) is 0 Å². The van der Waals surface area contributed by atoms with Gasteiger partial charge in [-0.25, -0.2) is 0 Å². The van der Waals surface area contributed by atoms with Gasteiger partial charge in [0.2, 0.25) is 5.91 Å². The lowest BCUT2D eigenvalue weighted by Crippen LogP contribution is -2.40. The minimum Gasteiger partial charge on any atom is -0.383 e. The van der Waals surface area contributed by atoms with Gasteiger partial charge in [0.1, 0.15) is 0 Å². The van der Waals surface area contributed by atoms with Crippen LogP contribution in [0.4, 0.5) is 0 Å². The zero-order chi connectivity index (χ0) is 12.5. The van der Waals surface area contributed by atoms with Crippen molar-refractivity contribution in [1.29, 1.82) is 0 Å². The second-order valence-corrected chi connectivity index (χ2v) is 4.35. The molecule has 0 atom stereocenters. The molecule has 1 rings (SSSR count). The number of hydrogen-bond acceptors (Lipinski definition) is 2. The predicted octanol–water partition coefficient (Wildman–Crippen LogP) is 2.54. The van der Waals surface area contributed by atoms with E-state index in [1.807, 2.05) is 24.0 Å². The van der Waals surface area contributed by atoms with E-state index < -0.39 is 0 Å². The first-order valence-corrected chi connectivity index (χ1v) is 6.38. The maximum absolute atomic E-state index is 12.1. The van der Waals surface area contributed by atoms with Crippen molar-refractivity contribution < 1.29 is 9.53 Å². The Balaban J connectivity index is 2.57. The van der Waals surface area contributed by atoms with E-state index in [4.69, 9.17) is 4.74 Å². The number of allylic oxidation sites excluding steroid dienone is 3. The number of rotatable bonds is 6. The second-order valence-electron chi connectivity index (χ2n) is 4.35. The van der Waals surface area contributed by atoms with Gasteiger partial charge in [0.05, 0.1) is 6.61 Å². The summed E-state index contributed by atoms with van der Waals surface area (Å²) in [5.74, 6) is 0.104. The maximum Gasteiger partial charge on any atom is 0.246 e. The van der Waals surface area contributed by atoms with Crippen LogP contribution in [0.15, 0.2) is 24.3 Å². The number of ether oxygens (including phenoxy) is 1. The molecule has 0 aromatic rings. The number of amides is 1. The molecule has 0 saturated heterocycles. The van der Waals surface area contributed by atoms with Crippen LogP contribution in [-0.4, -0.2) is 37.1 Å². The lowest BCUT2D eigenvalue weighted by molar-refractivity contribution is -0.128. The van der Waals surface area contributed by atoms with Crippen LogP contribution >= 0.6 is 0 Å². The first-order chi connectivity index (χ1) is 8.29. The van der Waals surface area contributed by atoms with Crippen molar-refractivity contribution in [3.05, 3.63) is 24.3 Å². The summed E-state index contributed by atoms with van der Waals surface area (Å²) in [6, 6.07) is 0.410. The lowest BCUT2D eigenvalue weighted by Gasteiger charge is -2.27. The second kappa shape index (κ2) is 8.07. The average molecular weight is 237 g/mol. The van der Waals surface area contributed by atoms with Gasteiger partial charge in [0.25, 0.3) is 0 Å². The van der Waals surface area contributed by atoms with Crippen molar-refractivity contribution in [2.24, 2.45) is 0 Å². The molecule has 0 radical (unpaired) electrons. The van der Waals surface area contributed by atoms with Gasteiger partial charge in [-0.05, 0) is 19.8 Å². The Morgan fingerprint density at radius 3 is 2.65 bits per heavy atom. The van der Waals surface area contributed by atoms with Crippen LogP contribution in [0.25, 0.3) is 0 Å². The standard InChI is InChI=1S/C14H23NO2/c1-3-4-5-10-14(16)15(11-12-17-2)13-8-6-7-9-13/h3-5,10,13H,6-9,11-12H2,1-2H3/b4-3+,10-5+. The summed E-state index contributed by atoms with van der Waals surface area (Å²) in [7, 11) is 1.67. The van der Waals surface area contributed by atoms with E-state index in [1.165, 1.54) is 12.8 Å². The third-order valence-corrected chi connectivity index (χ3v) is 3.13. The van der Waals surface area contributed by atoms with Crippen LogP contribution in [0.5, 0.6) is 0 Å². The number of carbonyl (C=O) groups is 1. The molecule has 0 aromatic heterocycles. The van der Waals surface area contributed by atoms with E-state index in [9.17, 15) is 4.79 Å². The molecular weight excluding hydrogens is 214 g/mol. The Hall–Kier alpha value is -1.09. The number of methoxy groups -OCH3 is 1. The van der Waals surface area contributed by atoms with Crippen LogP contribution in [0.1, 0.15) is 32.6 Å². The monoisotopic (exact) mass is 237 g/mol. The highest BCUT2D eigenvalue weighted by atomic mass is 16.5. The summed E-state index contributed by atoms with van der Waals surface area (Å²) < 4.78 is 5.08. The highest BCUT2D eigenvalue weighted by Crippen LogP contribution is 2.23. The molecule has 17 heavy (non-hydrogen) atoms. The van der Waals surface area contributed by atoms with E-state index in [0.29, 0.717) is 19.2 Å². The number of hydrogen-bond donors (Lipinski definition) is 0. The normalized spacial score (nSPS) is 17.3. The Labute approximate surface area is 104 Å². The molecule has 0 heterocycles. The fourth-order valence-electron chi connectivity index (χ4n) is 2.22. The molecular formula is C14H23NO2. The van der Waals surface area contributed by atoms with Crippen molar-refractivity contribution >= 4 is 5.91 Å². The molecule has 3 heteroatoms. The molecule has 1 aliphatic carbocycles. The molecule has 1 amide bonds. The third kappa shape index (κ3) is 4.73. The van der Waals surface area contributed by atoms with Crippen LogP contribution in [-0.2, 0) is 9.53 Å².